The minimum absolute atomic E-state index is 0. The van der Waals surface area contributed by atoms with Crippen LogP contribution >= 0.6 is 35.3 Å². The summed E-state index contributed by atoms with van der Waals surface area (Å²) in [5, 5.41) is 1.12. The number of carbonyl (C=O) groups is 1. The maximum atomic E-state index is 13.7. The number of nitrogens with zero attached hydrogens (tertiary/aromatic N) is 4. The highest BCUT2D eigenvalue weighted by molar-refractivity contribution is 7.89. The van der Waals surface area contributed by atoms with Crippen LogP contribution in [0.5, 0.6) is 0 Å². The molecule has 0 bridgehead atoms. The second-order valence-electron chi connectivity index (χ2n) is 8.50. The van der Waals surface area contributed by atoms with Crippen LogP contribution < -0.4 is 4.90 Å². The SMILES string of the molecule is CCCN(CCC)S(=O)(=O)c1ccc(C(=O)N(CCN(CC)CC)c2nc3c(Cl)cccc3s2)cc1.Cl. The van der Waals surface area contributed by atoms with E-state index in [1.165, 1.54) is 27.8 Å². The highest BCUT2D eigenvalue weighted by Crippen LogP contribution is 2.33. The molecule has 0 aliphatic carbocycles. The van der Waals surface area contributed by atoms with Crippen LogP contribution in [0.3, 0.4) is 0 Å². The normalized spacial score (nSPS) is 11.8. The van der Waals surface area contributed by atoms with Gasteiger partial charge < -0.3 is 4.90 Å². The van der Waals surface area contributed by atoms with Crippen LogP contribution in [0.4, 0.5) is 5.13 Å². The Morgan fingerprint density at radius 1 is 0.919 bits per heavy atom. The Labute approximate surface area is 235 Å². The summed E-state index contributed by atoms with van der Waals surface area (Å²) >= 11 is 7.77. The molecule has 0 N–H and O–H groups in total. The van der Waals surface area contributed by atoms with Crippen molar-refractivity contribution in [2.45, 2.75) is 45.4 Å². The summed E-state index contributed by atoms with van der Waals surface area (Å²) in [4.78, 5) is 22.5. The first-order valence-electron chi connectivity index (χ1n) is 12.5. The highest BCUT2D eigenvalue weighted by Gasteiger charge is 2.26. The standard InChI is InChI=1S/C26H35ClN4O3S2.ClH/c1-5-16-30(17-6-2)36(33,34)21-14-12-20(13-15-21)25(32)31(19-18-29(7-3)8-4)26-28-24-22(27)10-9-11-23(24)35-26;/h9-15H,5-8,16-19H2,1-4H3;1H. The van der Waals surface area contributed by atoms with E-state index in [9.17, 15) is 13.2 Å². The molecule has 0 spiro atoms. The molecule has 0 saturated carbocycles. The summed E-state index contributed by atoms with van der Waals surface area (Å²) in [6, 6.07) is 11.8. The van der Waals surface area contributed by atoms with Gasteiger partial charge in [0, 0.05) is 31.7 Å². The largest absolute Gasteiger partial charge is 0.302 e. The first-order chi connectivity index (χ1) is 17.3. The summed E-state index contributed by atoms with van der Waals surface area (Å²) in [6.45, 7) is 11.9. The minimum atomic E-state index is -3.61. The molecule has 0 fully saturated rings. The number of amides is 1. The molecule has 0 saturated heterocycles. The maximum Gasteiger partial charge on any atom is 0.260 e. The number of hydrogen-bond acceptors (Lipinski definition) is 6. The van der Waals surface area contributed by atoms with Crippen LogP contribution in [-0.4, -0.2) is 67.8 Å². The number of rotatable bonds is 13. The lowest BCUT2D eigenvalue weighted by Gasteiger charge is -2.25. The fourth-order valence-electron chi connectivity index (χ4n) is 4.01. The lowest BCUT2D eigenvalue weighted by Crippen LogP contribution is -2.39. The van der Waals surface area contributed by atoms with E-state index >= 15 is 0 Å². The zero-order chi connectivity index (χ0) is 26.3. The summed E-state index contributed by atoms with van der Waals surface area (Å²) in [6.07, 6.45) is 1.48. The molecule has 1 heterocycles. The number of carbonyl (C=O) groups excluding carboxylic acids is 1. The fourth-order valence-corrected chi connectivity index (χ4v) is 6.92. The van der Waals surface area contributed by atoms with E-state index < -0.39 is 10.0 Å². The maximum absolute atomic E-state index is 13.7. The monoisotopic (exact) mass is 586 g/mol. The summed E-state index contributed by atoms with van der Waals surface area (Å²) in [5.74, 6) is -0.222. The lowest BCUT2D eigenvalue weighted by atomic mass is 10.2. The van der Waals surface area contributed by atoms with Crippen molar-refractivity contribution in [3.05, 3.63) is 53.1 Å². The molecular formula is C26H36Cl2N4O3S2. The van der Waals surface area contributed by atoms with Gasteiger partial charge in [0.2, 0.25) is 10.0 Å². The smallest absolute Gasteiger partial charge is 0.260 e. The van der Waals surface area contributed by atoms with Gasteiger partial charge in [0.05, 0.1) is 14.6 Å². The van der Waals surface area contributed by atoms with E-state index in [0.717, 1.165) is 30.6 Å². The highest BCUT2D eigenvalue weighted by atomic mass is 35.5. The van der Waals surface area contributed by atoms with Gasteiger partial charge in [-0.3, -0.25) is 9.69 Å². The molecule has 3 aromatic rings. The van der Waals surface area contributed by atoms with Crippen molar-refractivity contribution < 1.29 is 13.2 Å². The molecule has 204 valence electrons. The summed E-state index contributed by atoms with van der Waals surface area (Å²) < 4.78 is 28.7. The van der Waals surface area contributed by atoms with E-state index in [1.807, 2.05) is 26.0 Å². The Bertz CT molecular complexity index is 1260. The molecule has 3 rings (SSSR count). The molecule has 11 heteroatoms. The van der Waals surface area contributed by atoms with Crippen molar-refractivity contribution in [3.63, 3.8) is 0 Å². The van der Waals surface area contributed by atoms with Crippen molar-refractivity contribution in [2.24, 2.45) is 0 Å². The van der Waals surface area contributed by atoms with Gasteiger partial charge in [0.25, 0.3) is 5.91 Å². The van der Waals surface area contributed by atoms with Crippen LogP contribution in [0.2, 0.25) is 5.02 Å². The van der Waals surface area contributed by atoms with Gasteiger partial charge in [0.15, 0.2) is 5.13 Å². The Morgan fingerprint density at radius 3 is 2.08 bits per heavy atom. The van der Waals surface area contributed by atoms with Crippen molar-refractivity contribution >= 4 is 66.6 Å². The minimum Gasteiger partial charge on any atom is -0.302 e. The van der Waals surface area contributed by atoms with Crippen molar-refractivity contribution in [3.8, 4) is 0 Å². The fraction of sp³-hybridized carbons (Fsp3) is 0.462. The lowest BCUT2D eigenvalue weighted by molar-refractivity contribution is 0.0983. The topological polar surface area (TPSA) is 73.8 Å². The van der Waals surface area contributed by atoms with Gasteiger partial charge in [-0.15, -0.1) is 12.4 Å². The van der Waals surface area contributed by atoms with E-state index in [-0.39, 0.29) is 23.2 Å². The average molecular weight is 588 g/mol. The predicted molar refractivity (Wildman–Crippen MR) is 157 cm³/mol. The number of fused-ring (bicyclic) bond motifs is 1. The molecule has 0 atom stereocenters. The molecule has 1 amide bonds. The third kappa shape index (κ3) is 7.43. The van der Waals surface area contributed by atoms with Crippen molar-refractivity contribution in [1.29, 1.82) is 0 Å². The summed E-state index contributed by atoms with van der Waals surface area (Å²) in [7, 11) is -3.61. The van der Waals surface area contributed by atoms with E-state index in [1.54, 1.807) is 23.1 Å². The van der Waals surface area contributed by atoms with Gasteiger partial charge in [0.1, 0.15) is 5.52 Å². The van der Waals surface area contributed by atoms with Crippen molar-refractivity contribution in [1.82, 2.24) is 14.2 Å². The van der Waals surface area contributed by atoms with Crippen LogP contribution in [-0.2, 0) is 10.0 Å². The number of aromatic nitrogens is 1. The zero-order valence-electron chi connectivity index (χ0n) is 21.8. The number of thiazole rings is 1. The number of likely N-dealkylation sites (N-methyl/N-ethyl adjacent to an activating group) is 1. The molecule has 37 heavy (non-hydrogen) atoms. The van der Waals surface area contributed by atoms with Gasteiger partial charge in [-0.2, -0.15) is 4.31 Å². The molecule has 0 aliphatic rings. The average Bonchev–Trinajstić information content (AvgIpc) is 3.31. The molecule has 7 nitrogen and oxygen atoms in total. The van der Waals surface area contributed by atoms with E-state index in [0.29, 0.717) is 47.4 Å². The third-order valence-corrected chi connectivity index (χ3v) is 9.32. The first-order valence-corrected chi connectivity index (χ1v) is 15.1. The molecule has 0 aliphatic heterocycles. The van der Waals surface area contributed by atoms with Gasteiger partial charge >= 0.3 is 0 Å². The molecule has 1 aromatic heterocycles. The van der Waals surface area contributed by atoms with Gasteiger partial charge in [-0.05, 0) is 62.3 Å². The molecule has 0 radical (unpaired) electrons. The Kier molecular flexibility index (Phi) is 12.3. The number of para-hydroxylation sites is 1. The Balaban J connectivity index is 0.00000481. The number of benzene rings is 2. The second-order valence-corrected chi connectivity index (χ2v) is 11.8. The number of sulfonamides is 1. The van der Waals surface area contributed by atoms with E-state index in [2.05, 4.69) is 23.7 Å². The quantitative estimate of drug-likeness (QED) is 0.239. The van der Waals surface area contributed by atoms with Gasteiger partial charge in [-0.25, -0.2) is 13.4 Å². The van der Waals surface area contributed by atoms with Gasteiger partial charge in [-0.1, -0.05) is 56.7 Å². The third-order valence-electron chi connectivity index (χ3n) is 6.05. The zero-order valence-corrected chi connectivity index (χ0v) is 25.0. The van der Waals surface area contributed by atoms with Crippen molar-refractivity contribution in [2.75, 3.05) is 44.2 Å². The van der Waals surface area contributed by atoms with Crippen LogP contribution in [0, 0.1) is 0 Å². The van der Waals surface area contributed by atoms with Crippen LogP contribution in [0.15, 0.2) is 47.4 Å². The number of anilines is 1. The molecule has 2 aromatic carbocycles. The second kappa shape index (κ2) is 14.4. The van der Waals surface area contributed by atoms with Crippen LogP contribution in [0.25, 0.3) is 10.2 Å². The molecule has 0 unspecified atom stereocenters. The molecular weight excluding hydrogens is 551 g/mol. The number of hydrogen-bond donors (Lipinski definition) is 0. The Morgan fingerprint density at radius 2 is 1.54 bits per heavy atom. The first kappa shape index (κ1) is 31.5. The summed E-state index contributed by atoms with van der Waals surface area (Å²) in [5.41, 5.74) is 1.09. The van der Waals surface area contributed by atoms with Crippen LogP contribution in [0.1, 0.15) is 50.9 Å². The predicted octanol–water partition coefficient (Wildman–Crippen LogP) is 6.17. The Hall–Kier alpha value is -1.75. The van der Waals surface area contributed by atoms with E-state index in [4.69, 9.17) is 11.6 Å². The number of halogens is 2.